The molecule has 2 aromatic carbocycles. The lowest BCUT2D eigenvalue weighted by molar-refractivity contribution is 0.108. The first-order valence-corrected chi connectivity index (χ1v) is 9.14. The van der Waals surface area contributed by atoms with Gasteiger partial charge in [-0.25, -0.2) is 0 Å². The maximum atomic E-state index is 12.6. The fourth-order valence-electron chi connectivity index (χ4n) is 2.27. The normalized spacial score (nSPS) is 12.6. The number of aryl methyl sites for hydroxylation is 2. The van der Waals surface area contributed by atoms with Gasteiger partial charge >= 0.3 is 0 Å². The highest BCUT2D eigenvalue weighted by molar-refractivity contribution is 7.66. The van der Waals surface area contributed by atoms with E-state index in [1.165, 1.54) is 0 Å². The van der Waals surface area contributed by atoms with Crippen LogP contribution in [0.3, 0.4) is 0 Å². The first-order valence-electron chi connectivity index (χ1n) is 7.76. The molecule has 0 aliphatic heterocycles. The molecule has 0 aliphatic rings. The summed E-state index contributed by atoms with van der Waals surface area (Å²) in [5.74, 6) is 0.853. The van der Waals surface area contributed by atoms with Crippen LogP contribution in [0.2, 0.25) is 5.02 Å². The standard InChI is InChI=1S/C19H22ClO2P/c1-5-14(4)22-15-9-10-17(13(3)11-15)23-19(21)18-12(2)7-6-8-16(18)20/h6-11,14,23H,5H2,1-4H3. The van der Waals surface area contributed by atoms with E-state index in [2.05, 4.69) is 13.8 Å². The molecular formula is C19H22ClO2P. The monoisotopic (exact) mass is 348 g/mol. The Morgan fingerprint density at radius 3 is 2.57 bits per heavy atom. The van der Waals surface area contributed by atoms with Gasteiger partial charge in [0.1, 0.15) is 5.75 Å². The number of hydrogen-bond acceptors (Lipinski definition) is 2. The van der Waals surface area contributed by atoms with Gasteiger partial charge in [0.15, 0.2) is 5.52 Å². The fraction of sp³-hybridized carbons (Fsp3) is 0.316. The molecule has 2 rings (SSSR count). The molecule has 0 bridgehead atoms. The molecule has 0 fully saturated rings. The van der Waals surface area contributed by atoms with Gasteiger partial charge < -0.3 is 4.74 Å². The lowest BCUT2D eigenvalue weighted by Gasteiger charge is -2.14. The van der Waals surface area contributed by atoms with Crippen molar-refractivity contribution in [3.8, 4) is 5.75 Å². The van der Waals surface area contributed by atoms with Crippen molar-refractivity contribution in [3.63, 3.8) is 0 Å². The summed E-state index contributed by atoms with van der Waals surface area (Å²) in [7, 11) is 0.0610. The van der Waals surface area contributed by atoms with Crippen molar-refractivity contribution in [2.24, 2.45) is 0 Å². The average Bonchev–Trinajstić information content (AvgIpc) is 2.49. The third-order valence-corrected chi connectivity index (χ3v) is 5.43. The number of rotatable bonds is 6. The minimum absolute atomic E-state index is 0.0610. The van der Waals surface area contributed by atoms with Crippen LogP contribution in [0.4, 0.5) is 0 Å². The molecule has 2 atom stereocenters. The Hall–Kier alpha value is -1.37. The van der Waals surface area contributed by atoms with E-state index in [1.54, 1.807) is 6.07 Å². The molecule has 0 saturated heterocycles. The molecule has 4 heteroatoms. The second-order valence-electron chi connectivity index (χ2n) is 5.70. The first kappa shape index (κ1) is 18.0. The third-order valence-electron chi connectivity index (χ3n) is 3.81. The van der Waals surface area contributed by atoms with E-state index in [9.17, 15) is 4.79 Å². The molecule has 122 valence electrons. The average molecular weight is 349 g/mol. The van der Waals surface area contributed by atoms with E-state index in [4.69, 9.17) is 16.3 Å². The SMILES string of the molecule is CCC(C)Oc1ccc(PC(=O)c2c(C)cccc2Cl)c(C)c1. The zero-order chi connectivity index (χ0) is 17.0. The number of carbonyl (C=O) groups excluding carboxylic acids is 1. The highest BCUT2D eigenvalue weighted by atomic mass is 35.5. The number of hydrogen-bond donors (Lipinski definition) is 0. The van der Waals surface area contributed by atoms with Crippen LogP contribution in [-0.2, 0) is 0 Å². The highest BCUT2D eigenvalue weighted by Gasteiger charge is 2.15. The number of carbonyl (C=O) groups is 1. The number of benzene rings is 2. The first-order chi connectivity index (χ1) is 10.9. The van der Waals surface area contributed by atoms with Crippen molar-refractivity contribution < 1.29 is 9.53 Å². The van der Waals surface area contributed by atoms with Gasteiger partial charge in [0, 0.05) is 5.56 Å². The minimum atomic E-state index is 0.0610. The molecule has 2 unspecified atom stereocenters. The second kappa shape index (κ2) is 7.95. The molecule has 0 heterocycles. The fourth-order valence-corrected chi connectivity index (χ4v) is 3.79. The third kappa shape index (κ3) is 4.56. The molecule has 0 radical (unpaired) electrons. The molecule has 2 nitrogen and oxygen atoms in total. The summed E-state index contributed by atoms with van der Waals surface area (Å²) in [4.78, 5) is 12.6. The summed E-state index contributed by atoms with van der Waals surface area (Å²) in [5.41, 5.74) is 2.70. The summed E-state index contributed by atoms with van der Waals surface area (Å²) in [5, 5.41) is 1.56. The molecule has 0 amide bonds. The van der Waals surface area contributed by atoms with Gasteiger partial charge in [-0.3, -0.25) is 4.79 Å². The Labute approximate surface area is 145 Å². The van der Waals surface area contributed by atoms with Crippen molar-refractivity contribution in [2.75, 3.05) is 0 Å². The zero-order valence-corrected chi connectivity index (χ0v) is 15.7. The molecule has 0 aliphatic carbocycles. The van der Waals surface area contributed by atoms with Crippen molar-refractivity contribution in [1.29, 1.82) is 0 Å². The Balaban J connectivity index is 2.19. The summed E-state index contributed by atoms with van der Waals surface area (Å²) >= 11 is 6.19. The van der Waals surface area contributed by atoms with E-state index >= 15 is 0 Å². The molecule has 23 heavy (non-hydrogen) atoms. The van der Waals surface area contributed by atoms with Crippen LogP contribution < -0.4 is 10.0 Å². The Morgan fingerprint density at radius 2 is 1.96 bits per heavy atom. The largest absolute Gasteiger partial charge is 0.491 e. The lowest BCUT2D eigenvalue weighted by atomic mass is 10.1. The van der Waals surface area contributed by atoms with E-state index in [0.717, 1.165) is 28.6 Å². The predicted molar refractivity (Wildman–Crippen MR) is 100 cm³/mol. The number of halogens is 1. The predicted octanol–water partition coefficient (Wildman–Crippen LogP) is 5.28. The van der Waals surface area contributed by atoms with Gasteiger partial charge in [-0.05, 0) is 70.4 Å². The smallest absolute Gasteiger partial charge is 0.187 e. The summed E-state index contributed by atoms with van der Waals surface area (Å²) in [6, 6.07) is 11.5. The zero-order valence-electron chi connectivity index (χ0n) is 13.9. The van der Waals surface area contributed by atoms with Crippen LogP contribution in [-0.4, -0.2) is 11.6 Å². The van der Waals surface area contributed by atoms with Gasteiger partial charge in [0.05, 0.1) is 11.1 Å². The molecular weight excluding hydrogens is 327 g/mol. The van der Waals surface area contributed by atoms with Crippen molar-refractivity contribution in [3.05, 3.63) is 58.1 Å². The van der Waals surface area contributed by atoms with Crippen LogP contribution in [0.1, 0.15) is 41.8 Å². The van der Waals surface area contributed by atoms with Crippen LogP contribution in [0.5, 0.6) is 5.75 Å². The van der Waals surface area contributed by atoms with Gasteiger partial charge in [-0.1, -0.05) is 36.7 Å². The molecule has 2 aromatic rings. The quantitative estimate of drug-likeness (QED) is 0.664. The van der Waals surface area contributed by atoms with Crippen LogP contribution in [0.15, 0.2) is 36.4 Å². The lowest BCUT2D eigenvalue weighted by Crippen LogP contribution is -2.11. The maximum Gasteiger partial charge on any atom is 0.187 e. The van der Waals surface area contributed by atoms with E-state index < -0.39 is 0 Å². The van der Waals surface area contributed by atoms with E-state index in [1.807, 2.05) is 44.2 Å². The van der Waals surface area contributed by atoms with Crippen LogP contribution >= 0.6 is 20.2 Å². The van der Waals surface area contributed by atoms with E-state index in [-0.39, 0.29) is 20.2 Å². The Bertz CT molecular complexity index is 692. The molecule has 0 saturated carbocycles. The molecule has 0 N–H and O–H groups in total. The van der Waals surface area contributed by atoms with Crippen molar-refractivity contribution >= 4 is 31.0 Å². The number of ether oxygens (including phenoxy) is 1. The van der Waals surface area contributed by atoms with Gasteiger partial charge in [0.25, 0.3) is 0 Å². The summed E-state index contributed by atoms with van der Waals surface area (Å²) in [6.45, 7) is 8.07. The van der Waals surface area contributed by atoms with Crippen LogP contribution in [0.25, 0.3) is 0 Å². The maximum absolute atomic E-state index is 12.6. The summed E-state index contributed by atoms with van der Waals surface area (Å²) < 4.78 is 5.82. The topological polar surface area (TPSA) is 26.3 Å². The van der Waals surface area contributed by atoms with Crippen molar-refractivity contribution in [1.82, 2.24) is 0 Å². The summed E-state index contributed by atoms with van der Waals surface area (Å²) in [6.07, 6.45) is 1.16. The molecule has 0 spiro atoms. The second-order valence-corrected chi connectivity index (χ2v) is 7.35. The van der Waals surface area contributed by atoms with Gasteiger partial charge in [0.2, 0.25) is 0 Å². The van der Waals surface area contributed by atoms with Gasteiger partial charge in [-0.15, -0.1) is 0 Å². The highest BCUT2D eigenvalue weighted by Crippen LogP contribution is 2.29. The minimum Gasteiger partial charge on any atom is -0.491 e. The van der Waals surface area contributed by atoms with Crippen molar-refractivity contribution in [2.45, 2.75) is 40.2 Å². The van der Waals surface area contributed by atoms with Gasteiger partial charge in [-0.2, -0.15) is 0 Å². The Kier molecular flexibility index (Phi) is 6.21. The molecule has 0 aromatic heterocycles. The van der Waals surface area contributed by atoms with Crippen LogP contribution in [0, 0.1) is 13.8 Å². The Morgan fingerprint density at radius 1 is 1.22 bits per heavy atom. The van der Waals surface area contributed by atoms with E-state index in [0.29, 0.717) is 10.6 Å².